The molecule has 0 bridgehead atoms. The normalized spacial score (nSPS) is 15.1. The Hall–Kier alpha value is -2.78. The SMILES string of the molecule is O=C(O)CCCN1C(=O)/C(=C/c2ccc(OCc3cc(F)cc(F)c3)cc2)SC1=S. The molecule has 0 atom stereocenters. The van der Waals surface area contributed by atoms with Crippen LogP contribution in [0.4, 0.5) is 8.78 Å². The first-order valence-electron chi connectivity index (χ1n) is 8.97. The summed E-state index contributed by atoms with van der Waals surface area (Å²) in [4.78, 5) is 25.0. The van der Waals surface area contributed by atoms with E-state index in [2.05, 4.69) is 0 Å². The van der Waals surface area contributed by atoms with E-state index in [-0.39, 0.29) is 25.5 Å². The van der Waals surface area contributed by atoms with Gasteiger partial charge in [-0.25, -0.2) is 8.78 Å². The maximum Gasteiger partial charge on any atom is 0.303 e. The Kier molecular flexibility index (Phi) is 7.17. The second-order valence-corrected chi connectivity index (χ2v) is 8.14. The van der Waals surface area contributed by atoms with Crippen molar-refractivity contribution in [3.8, 4) is 5.75 Å². The van der Waals surface area contributed by atoms with Crippen molar-refractivity contribution in [3.05, 3.63) is 70.1 Å². The van der Waals surface area contributed by atoms with Crippen LogP contribution >= 0.6 is 24.0 Å². The molecule has 0 unspecified atom stereocenters. The largest absolute Gasteiger partial charge is 0.489 e. The fraction of sp³-hybridized carbons (Fsp3) is 0.190. The van der Waals surface area contributed by atoms with Crippen molar-refractivity contribution in [1.29, 1.82) is 0 Å². The Bertz CT molecular complexity index is 988. The van der Waals surface area contributed by atoms with E-state index in [1.165, 1.54) is 28.8 Å². The van der Waals surface area contributed by atoms with Gasteiger partial charge in [0.25, 0.3) is 5.91 Å². The van der Waals surface area contributed by atoms with Crippen LogP contribution in [-0.4, -0.2) is 32.7 Å². The molecule has 1 aliphatic heterocycles. The lowest BCUT2D eigenvalue weighted by molar-refractivity contribution is -0.137. The third-order valence-electron chi connectivity index (χ3n) is 4.15. The lowest BCUT2D eigenvalue weighted by Gasteiger charge is -2.13. The molecule has 3 rings (SSSR count). The molecule has 5 nitrogen and oxygen atoms in total. The first-order valence-corrected chi connectivity index (χ1v) is 10.2. The lowest BCUT2D eigenvalue weighted by atomic mass is 10.2. The molecule has 0 spiro atoms. The Balaban J connectivity index is 1.60. The third kappa shape index (κ3) is 5.87. The molecule has 1 saturated heterocycles. The summed E-state index contributed by atoms with van der Waals surface area (Å²) in [6.45, 7) is 0.283. The van der Waals surface area contributed by atoms with E-state index in [1.54, 1.807) is 30.3 Å². The van der Waals surface area contributed by atoms with E-state index in [9.17, 15) is 18.4 Å². The van der Waals surface area contributed by atoms with Crippen LogP contribution in [0, 0.1) is 11.6 Å². The quantitative estimate of drug-likeness (QED) is 0.469. The number of hydrogen-bond donors (Lipinski definition) is 1. The summed E-state index contributed by atoms with van der Waals surface area (Å²) < 4.78 is 32.4. The van der Waals surface area contributed by atoms with E-state index in [1.807, 2.05) is 0 Å². The van der Waals surface area contributed by atoms with Crippen molar-refractivity contribution >= 4 is 46.3 Å². The highest BCUT2D eigenvalue weighted by atomic mass is 32.2. The van der Waals surface area contributed by atoms with Crippen molar-refractivity contribution in [1.82, 2.24) is 4.90 Å². The van der Waals surface area contributed by atoms with E-state index in [4.69, 9.17) is 22.1 Å². The van der Waals surface area contributed by atoms with Gasteiger partial charge in [0.1, 0.15) is 28.3 Å². The van der Waals surface area contributed by atoms with Gasteiger partial charge >= 0.3 is 5.97 Å². The molecule has 1 aliphatic rings. The topological polar surface area (TPSA) is 66.8 Å². The highest BCUT2D eigenvalue weighted by Gasteiger charge is 2.31. The van der Waals surface area contributed by atoms with Crippen molar-refractivity contribution in [2.45, 2.75) is 19.4 Å². The van der Waals surface area contributed by atoms with Gasteiger partial charge in [0.15, 0.2) is 0 Å². The lowest BCUT2D eigenvalue weighted by Crippen LogP contribution is -2.29. The fourth-order valence-corrected chi connectivity index (χ4v) is 4.06. The smallest absolute Gasteiger partial charge is 0.303 e. The van der Waals surface area contributed by atoms with Crippen LogP contribution in [0.5, 0.6) is 5.75 Å². The van der Waals surface area contributed by atoms with Crippen LogP contribution in [0.25, 0.3) is 6.08 Å². The number of carbonyl (C=O) groups excluding carboxylic acids is 1. The maximum absolute atomic E-state index is 13.2. The Labute approximate surface area is 181 Å². The third-order valence-corrected chi connectivity index (χ3v) is 5.53. The zero-order chi connectivity index (χ0) is 21.7. The molecule has 0 aliphatic carbocycles. The van der Waals surface area contributed by atoms with Crippen LogP contribution < -0.4 is 4.74 Å². The van der Waals surface area contributed by atoms with Crippen molar-refractivity contribution < 1.29 is 28.2 Å². The number of aliphatic carboxylic acids is 1. The molecule has 1 amide bonds. The Morgan fingerprint density at radius 2 is 1.83 bits per heavy atom. The number of amides is 1. The van der Waals surface area contributed by atoms with E-state index in [0.29, 0.717) is 27.0 Å². The van der Waals surface area contributed by atoms with Gasteiger partial charge in [-0.15, -0.1) is 0 Å². The summed E-state index contributed by atoms with van der Waals surface area (Å²) >= 11 is 6.39. The Morgan fingerprint density at radius 3 is 2.47 bits per heavy atom. The van der Waals surface area contributed by atoms with Crippen molar-refractivity contribution in [2.24, 2.45) is 0 Å². The first kappa shape index (κ1) is 21.9. The molecular formula is C21H17F2NO4S2. The zero-order valence-electron chi connectivity index (χ0n) is 15.6. The van der Waals surface area contributed by atoms with Crippen molar-refractivity contribution in [2.75, 3.05) is 6.54 Å². The van der Waals surface area contributed by atoms with Crippen LogP contribution in [-0.2, 0) is 16.2 Å². The minimum atomic E-state index is -0.916. The molecule has 0 radical (unpaired) electrons. The number of hydrogen-bond acceptors (Lipinski definition) is 5. The van der Waals surface area contributed by atoms with E-state index >= 15 is 0 Å². The molecular weight excluding hydrogens is 432 g/mol. The minimum Gasteiger partial charge on any atom is -0.489 e. The number of halogens is 2. The number of rotatable bonds is 8. The molecule has 156 valence electrons. The summed E-state index contributed by atoms with van der Waals surface area (Å²) in [6.07, 6.45) is 2.00. The van der Waals surface area contributed by atoms with Gasteiger partial charge in [-0.05, 0) is 47.9 Å². The summed E-state index contributed by atoms with van der Waals surface area (Å²) in [6, 6.07) is 10.1. The van der Waals surface area contributed by atoms with E-state index < -0.39 is 17.6 Å². The molecule has 30 heavy (non-hydrogen) atoms. The van der Waals surface area contributed by atoms with Gasteiger partial charge in [-0.2, -0.15) is 0 Å². The summed E-state index contributed by atoms with van der Waals surface area (Å²) in [7, 11) is 0. The predicted molar refractivity (Wildman–Crippen MR) is 114 cm³/mol. The van der Waals surface area contributed by atoms with Gasteiger partial charge in [0.05, 0.1) is 4.91 Å². The van der Waals surface area contributed by atoms with Gasteiger partial charge in [-0.1, -0.05) is 36.1 Å². The summed E-state index contributed by atoms with van der Waals surface area (Å²) in [5.74, 6) is -1.98. The van der Waals surface area contributed by atoms with Gasteiger partial charge in [0.2, 0.25) is 0 Å². The van der Waals surface area contributed by atoms with Crippen molar-refractivity contribution in [3.63, 3.8) is 0 Å². The van der Waals surface area contributed by atoms with Gasteiger partial charge in [-0.3, -0.25) is 14.5 Å². The summed E-state index contributed by atoms with van der Waals surface area (Å²) in [5, 5.41) is 8.72. The number of nitrogens with zero attached hydrogens (tertiary/aromatic N) is 1. The average molecular weight is 450 g/mol. The van der Waals surface area contributed by atoms with Crippen LogP contribution in [0.3, 0.4) is 0 Å². The number of carbonyl (C=O) groups is 2. The average Bonchev–Trinajstić information content (AvgIpc) is 2.94. The molecule has 1 heterocycles. The second kappa shape index (κ2) is 9.82. The van der Waals surface area contributed by atoms with Gasteiger partial charge < -0.3 is 9.84 Å². The summed E-state index contributed by atoms with van der Waals surface area (Å²) in [5.41, 5.74) is 1.13. The molecule has 0 aromatic heterocycles. The molecule has 1 N–H and O–H groups in total. The van der Waals surface area contributed by atoms with Crippen LogP contribution in [0.2, 0.25) is 0 Å². The second-order valence-electron chi connectivity index (χ2n) is 6.47. The van der Waals surface area contributed by atoms with Crippen LogP contribution in [0.15, 0.2) is 47.4 Å². The number of carboxylic acids is 1. The number of thiocarbonyl (C=S) groups is 1. The molecule has 2 aromatic rings. The van der Waals surface area contributed by atoms with E-state index in [0.717, 1.165) is 11.6 Å². The maximum atomic E-state index is 13.2. The monoisotopic (exact) mass is 449 g/mol. The molecule has 1 fully saturated rings. The standard InChI is InChI=1S/C21H17F2NO4S2/c22-15-8-14(9-16(23)11-15)12-28-17-5-3-13(4-6-17)10-18-20(27)24(21(29)30-18)7-1-2-19(25)26/h3-6,8-11H,1-2,7,12H2,(H,25,26)/b18-10-. The number of thioether (sulfide) groups is 1. The minimum absolute atomic E-state index is 0.0169. The molecule has 9 heteroatoms. The zero-order valence-corrected chi connectivity index (χ0v) is 17.3. The highest BCUT2D eigenvalue weighted by molar-refractivity contribution is 8.26. The Morgan fingerprint density at radius 1 is 1.17 bits per heavy atom. The highest BCUT2D eigenvalue weighted by Crippen LogP contribution is 2.33. The fourth-order valence-electron chi connectivity index (χ4n) is 2.75. The van der Waals surface area contributed by atoms with Gasteiger partial charge in [0, 0.05) is 19.0 Å². The molecule has 2 aromatic carbocycles. The number of ether oxygens (including phenoxy) is 1. The predicted octanol–water partition coefficient (Wildman–Crippen LogP) is 4.61. The molecule has 0 saturated carbocycles. The first-order chi connectivity index (χ1) is 14.3. The number of carboxylic acid groups (broad SMARTS) is 1. The number of benzene rings is 2. The van der Waals surface area contributed by atoms with Crippen LogP contribution in [0.1, 0.15) is 24.0 Å².